The highest BCUT2D eigenvalue weighted by molar-refractivity contribution is 5.10. The number of aromatic nitrogens is 2. The van der Waals surface area contributed by atoms with Crippen LogP contribution in [0.4, 0.5) is 0 Å². The topological polar surface area (TPSA) is 33.1 Å². The Morgan fingerprint density at radius 1 is 1.37 bits per heavy atom. The van der Waals surface area contributed by atoms with E-state index in [-0.39, 0.29) is 0 Å². The zero-order chi connectivity index (χ0) is 13.2. The number of rotatable bonds is 2. The van der Waals surface area contributed by atoms with E-state index in [0.717, 1.165) is 6.54 Å². The highest BCUT2D eigenvalue weighted by Crippen LogP contribution is 2.32. The minimum atomic E-state index is 0.635. The molecule has 0 radical (unpaired) electrons. The van der Waals surface area contributed by atoms with E-state index >= 15 is 0 Å². The van der Waals surface area contributed by atoms with E-state index < -0.39 is 0 Å². The molecule has 0 aliphatic carbocycles. The van der Waals surface area contributed by atoms with Crippen molar-refractivity contribution >= 4 is 0 Å². The molecule has 106 valence electrons. The third kappa shape index (κ3) is 2.70. The van der Waals surface area contributed by atoms with Gasteiger partial charge in [0.25, 0.3) is 0 Å². The molecule has 3 atom stereocenters. The Labute approximate surface area is 116 Å². The van der Waals surface area contributed by atoms with Gasteiger partial charge < -0.3 is 14.8 Å². The second-order valence-corrected chi connectivity index (χ2v) is 6.36. The van der Waals surface area contributed by atoms with Crippen LogP contribution in [0.1, 0.15) is 43.8 Å². The highest BCUT2D eigenvalue weighted by Gasteiger charge is 2.29. The second kappa shape index (κ2) is 5.63. The Bertz CT molecular complexity index is 408. The molecule has 3 unspecified atom stereocenters. The first-order chi connectivity index (χ1) is 9.25. The molecule has 2 fully saturated rings. The van der Waals surface area contributed by atoms with Crippen LogP contribution in [0.5, 0.6) is 0 Å². The lowest BCUT2D eigenvalue weighted by Gasteiger charge is -2.37. The molecule has 19 heavy (non-hydrogen) atoms. The fraction of sp³-hybridized carbons (Fsp3) is 0.800. The van der Waals surface area contributed by atoms with Crippen LogP contribution in [-0.4, -0.2) is 47.7 Å². The summed E-state index contributed by atoms with van der Waals surface area (Å²) in [4.78, 5) is 6.89. The van der Waals surface area contributed by atoms with Gasteiger partial charge in [-0.1, -0.05) is 6.92 Å². The molecule has 1 aromatic rings. The number of nitrogens with one attached hydrogen (secondary N) is 1. The van der Waals surface area contributed by atoms with E-state index in [4.69, 9.17) is 0 Å². The normalized spacial score (nSPS) is 33.5. The van der Waals surface area contributed by atoms with Gasteiger partial charge in [-0.3, -0.25) is 0 Å². The molecule has 0 aromatic carbocycles. The van der Waals surface area contributed by atoms with Crippen molar-refractivity contribution < 1.29 is 0 Å². The van der Waals surface area contributed by atoms with Crippen LogP contribution < -0.4 is 5.32 Å². The summed E-state index contributed by atoms with van der Waals surface area (Å²) in [6.07, 6.45) is 8.01. The zero-order valence-corrected chi connectivity index (χ0v) is 12.2. The summed E-state index contributed by atoms with van der Waals surface area (Å²) in [5.41, 5.74) is 1.45. The first-order valence-corrected chi connectivity index (χ1v) is 7.66. The number of likely N-dealkylation sites (tertiary alicyclic amines) is 1. The van der Waals surface area contributed by atoms with Gasteiger partial charge in [-0.2, -0.15) is 0 Å². The molecule has 4 nitrogen and oxygen atoms in total. The number of nitrogens with zero attached hydrogens (tertiary/aromatic N) is 3. The van der Waals surface area contributed by atoms with Gasteiger partial charge in [-0.05, 0) is 45.3 Å². The van der Waals surface area contributed by atoms with Gasteiger partial charge in [0.05, 0.1) is 6.33 Å². The summed E-state index contributed by atoms with van der Waals surface area (Å²) in [7, 11) is 2.23. The number of piperidine rings is 2. The summed E-state index contributed by atoms with van der Waals surface area (Å²) in [6, 6.07) is 0.635. The SMILES string of the molecule is CC1CN(C)CCC1n1cncc1C1CCCNC1. The smallest absolute Gasteiger partial charge is 0.0951 e. The molecule has 0 bridgehead atoms. The predicted molar refractivity (Wildman–Crippen MR) is 77.4 cm³/mol. The van der Waals surface area contributed by atoms with E-state index in [1.54, 1.807) is 0 Å². The Morgan fingerprint density at radius 2 is 2.26 bits per heavy atom. The number of imidazole rings is 1. The van der Waals surface area contributed by atoms with Gasteiger partial charge in [-0.25, -0.2) is 4.98 Å². The van der Waals surface area contributed by atoms with Crippen molar-refractivity contribution in [2.75, 3.05) is 33.2 Å². The fourth-order valence-corrected chi connectivity index (χ4v) is 3.77. The van der Waals surface area contributed by atoms with E-state index in [9.17, 15) is 0 Å². The van der Waals surface area contributed by atoms with Crippen molar-refractivity contribution in [2.45, 2.75) is 38.1 Å². The maximum atomic E-state index is 4.45. The molecule has 3 rings (SSSR count). The Morgan fingerprint density at radius 3 is 3.00 bits per heavy atom. The lowest BCUT2D eigenvalue weighted by molar-refractivity contribution is 0.155. The van der Waals surface area contributed by atoms with Gasteiger partial charge in [-0.15, -0.1) is 0 Å². The van der Waals surface area contributed by atoms with E-state index in [2.05, 4.69) is 46.3 Å². The maximum Gasteiger partial charge on any atom is 0.0951 e. The number of hydrogen-bond donors (Lipinski definition) is 1. The Balaban J connectivity index is 1.79. The quantitative estimate of drug-likeness (QED) is 0.883. The van der Waals surface area contributed by atoms with Crippen LogP contribution in [-0.2, 0) is 0 Å². The lowest BCUT2D eigenvalue weighted by Crippen LogP contribution is -2.39. The molecule has 4 heteroatoms. The summed E-state index contributed by atoms with van der Waals surface area (Å²) in [6.45, 7) is 7.08. The van der Waals surface area contributed by atoms with Crippen LogP contribution in [0.3, 0.4) is 0 Å². The van der Waals surface area contributed by atoms with Crippen molar-refractivity contribution in [1.29, 1.82) is 0 Å². The summed E-state index contributed by atoms with van der Waals surface area (Å²) in [5, 5.41) is 3.52. The minimum absolute atomic E-state index is 0.635. The second-order valence-electron chi connectivity index (χ2n) is 6.36. The summed E-state index contributed by atoms with van der Waals surface area (Å²) >= 11 is 0. The number of hydrogen-bond acceptors (Lipinski definition) is 3. The maximum absolute atomic E-state index is 4.45. The fourth-order valence-electron chi connectivity index (χ4n) is 3.77. The summed E-state index contributed by atoms with van der Waals surface area (Å²) in [5.74, 6) is 1.37. The van der Waals surface area contributed by atoms with Crippen LogP contribution in [0.25, 0.3) is 0 Å². The molecule has 0 spiro atoms. The molecular weight excluding hydrogens is 236 g/mol. The summed E-state index contributed by atoms with van der Waals surface area (Å²) < 4.78 is 2.48. The largest absolute Gasteiger partial charge is 0.331 e. The van der Waals surface area contributed by atoms with Crippen molar-refractivity contribution in [3.05, 3.63) is 18.2 Å². The lowest BCUT2D eigenvalue weighted by atomic mass is 9.91. The van der Waals surface area contributed by atoms with Crippen LogP contribution in [0.15, 0.2) is 12.5 Å². The highest BCUT2D eigenvalue weighted by atomic mass is 15.2. The van der Waals surface area contributed by atoms with Gasteiger partial charge in [0.15, 0.2) is 0 Å². The molecule has 1 aromatic heterocycles. The van der Waals surface area contributed by atoms with E-state index in [0.29, 0.717) is 17.9 Å². The van der Waals surface area contributed by atoms with Gasteiger partial charge in [0, 0.05) is 36.9 Å². The van der Waals surface area contributed by atoms with E-state index in [1.165, 1.54) is 44.6 Å². The molecule has 2 aliphatic rings. The molecular formula is C15H26N4. The molecule has 2 aliphatic heterocycles. The minimum Gasteiger partial charge on any atom is -0.331 e. The standard InChI is InChI=1S/C15H26N4/c1-12-10-18(2)7-5-14(12)19-11-17-9-15(19)13-4-3-6-16-8-13/h9,11-14,16H,3-8,10H2,1-2H3. The molecule has 0 saturated carbocycles. The third-order valence-corrected chi connectivity index (χ3v) is 4.83. The van der Waals surface area contributed by atoms with Crippen molar-refractivity contribution in [3.63, 3.8) is 0 Å². The van der Waals surface area contributed by atoms with Gasteiger partial charge in [0.2, 0.25) is 0 Å². The van der Waals surface area contributed by atoms with Gasteiger partial charge in [0.1, 0.15) is 0 Å². The predicted octanol–water partition coefficient (Wildman–Crippen LogP) is 1.86. The molecule has 1 N–H and O–H groups in total. The average molecular weight is 262 g/mol. The Kier molecular flexibility index (Phi) is 3.89. The monoisotopic (exact) mass is 262 g/mol. The van der Waals surface area contributed by atoms with Crippen molar-refractivity contribution in [3.8, 4) is 0 Å². The third-order valence-electron chi connectivity index (χ3n) is 4.83. The van der Waals surface area contributed by atoms with Crippen LogP contribution in [0.2, 0.25) is 0 Å². The average Bonchev–Trinajstić information content (AvgIpc) is 2.89. The van der Waals surface area contributed by atoms with Gasteiger partial charge >= 0.3 is 0 Å². The first-order valence-electron chi connectivity index (χ1n) is 7.66. The van der Waals surface area contributed by atoms with Crippen LogP contribution >= 0.6 is 0 Å². The molecule has 0 amide bonds. The van der Waals surface area contributed by atoms with E-state index in [1.807, 2.05) is 0 Å². The Hall–Kier alpha value is -0.870. The van der Waals surface area contributed by atoms with Crippen molar-refractivity contribution in [2.24, 2.45) is 5.92 Å². The molecule has 2 saturated heterocycles. The van der Waals surface area contributed by atoms with Crippen LogP contribution in [0, 0.1) is 5.92 Å². The molecule has 3 heterocycles. The van der Waals surface area contributed by atoms with Crippen molar-refractivity contribution in [1.82, 2.24) is 19.8 Å². The zero-order valence-electron chi connectivity index (χ0n) is 12.2. The first kappa shape index (κ1) is 13.1.